The average molecular weight is 305 g/mol. The molecule has 1 heterocycles. The second-order valence-electron chi connectivity index (χ2n) is 6.28. The molecule has 1 amide bonds. The zero-order chi connectivity index (χ0) is 15.8. The number of amides is 1. The van der Waals surface area contributed by atoms with E-state index in [1.165, 1.54) is 23.6 Å². The van der Waals surface area contributed by atoms with Crippen LogP contribution in [0, 0.1) is 0 Å². The number of hydrogen-bond acceptors (Lipinski definition) is 2. The normalized spacial score (nSPS) is 14.1. The van der Waals surface area contributed by atoms with Crippen molar-refractivity contribution in [1.82, 2.24) is 15.1 Å². The molecule has 0 saturated heterocycles. The van der Waals surface area contributed by atoms with Gasteiger partial charge in [-0.3, -0.25) is 9.89 Å². The number of aromatic nitrogens is 2. The molecule has 0 atom stereocenters. The highest BCUT2D eigenvalue weighted by Gasteiger charge is 2.27. The van der Waals surface area contributed by atoms with Crippen LogP contribution >= 0.6 is 0 Å². The lowest BCUT2D eigenvalue weighted by atomic mass is 10.0. The van der Waals surface area contributed by atoms with Gasteiger partial charge < -0.3 is 4.90 Å². The van der Waals surface area contributed by atoms with Gasteiger partial charge in [0.2, 0.25) is 0 Å². The van der Waals surface area contributed by atoms with Gasteiger partial charge in [0.1, 0.15) is 5.69 Å². The first kappa shape index (κ1) is 14.0. The maximum absolute atomic E-state index is 12.6. The minimum Gasteiger partial charge on any atom is -0.336 e. The monoisotopic (exact) mass is 305 g/mol. The molecule has 23 heavy (non-hydrogen) atoms. The van der Waals surface area contributed by atoms with Crippen LogP contribution in [0.4, 0.5) is 0 Å². The lowest BCUT2D eigenvalue weighted by Crippen LogP contribution is -2.26. The Labute approximate surface area is 135 Å². The summed E-state index contributed by atoms with van der Waals surface area (Å²) in [6.07, 6.45) is 2.39. The van der Waals surface area contributed by atoms with E-state index >= 15 is 0 Å². The molecule has 1 aliphatic carbocycles. The molecule has 1 N–H and O–H groups in total. The van der Waals surface area contributed by atoms with Gasteiger partial charge in [-0.1, -0.05) is 42.5 Å². The number of rotatable bonds is 4. The van der Waals surface area contributed by atoms with Crippen molar-refractivity contribution >= 4 is 16.7 Å². The summed E-state index contributed by atoms with van der Waals surface area (Å²) in [5.41, 5.74) is 2.75. The molecule has 1 saturated carbocycles. The van der Waals surface area contributed by atoms with Gasteiger partial charge in [0, 0.05) is 25.2 Å². The van der Waals surface area contributed by atoms with E-state index in [1.807, 2.05) is 31.3 Å². The van der Waals surface area contributed by atoms with E-state index < -0.39 is 0 Å². The van der Waals surface area contributed by atoms with Gasteiger partial charge in [0.15, 0.2) is 0 Å². The number of aromatic amines is 1. The quantitative estimate of drug-likeness (QED) is 0.798. The van der Waals surface area contributed by atoms with Crippen molar-refractivity contribution in [2.24, 2.45) is 0 Å². The zero-order valence-corrected chi connectivity index (χ0v) is 13.1. The van der Waals surface area contributed by atoms with E-state index in [4.69, 9.17) is 0 Å². The van der Waals surface area contributed by atoms with Crippen LogP contribution in [0.5, 0.6) is 0 Å². The molecular weight excluding hydrogens is 286 g/mol. The molecular formula is C19H19N3O. The van der Waals surface area contributed by atoms with Crippen molar-refractivity contribution in [2.45, 2.75) is 25.3 Å². The Hall–Kier alpha value is -2.62. The van der Waals surface area contributed by atoms with Crippen molar-refractivity contribution in [3.8, 4) is 0 Å². The molecule has 0 bridgehead atoms. The summed E-state index contributed by atoms with van der Waals surface area (Å²) in [7, 11) is 1.83. The van der Waals surface area contributed by atoms with Crippen molar-refractivity contribution in [3.05, 3.63) is 65.5 Å². The number of nitrogens with one attached hydrogen (secondary N) is 1. The van der Waals surface area contributed by atoms with Gasteiger partial charge in [-0.15, -0.1) is 0 Å². The highest BCUT2D eigenvalue weighted by molar-refractivity contribution is 5.93. The Kier molecular flexibility index (Phi) is 3.37. The van der Waals surface area contributed by atoms with Crippen LogP contribution in [0.25, 0.3) is 10.8 Å². The van der Waals surface area contributed by atoms with Crippen molar-refractivity contribution in [2.75, 3.05) is 7.05 Å². The van der Waals surface area contributed by atoms with E-state index in [9.17, 15) is 4.79 Å². The number of carbonyl (C=O) groups is 1. The van der Waals surface area contributed by atoms with Gasteiger partial charge in [-0.05, 0) is 35.2 Å². The fourth-order valence-electron chi connectivity index (χ4n) is 3.00. The summed E-state index contributed by atoms with van der Waals surface area (Å²) in [6.45, 7) is 0.575. The first-order chi connectivity index (χ1) is 11.2. The predicted octanol–water partition coefficient (Wildman–Crippen LogP) is 3.71. The third kappa shape index (κ3) is 2.72. The fourth-order valence-corrected chi connectivity index (χ4v) is 3.00. The molecule has 1 fully saturated rings. The third-order valence-electron chi connectivity index (χ3n) is 4.47. The number of carbonyl (C=O) groups excluding carboxylic acids is 1. The summed E-state index contributed by atoms with van der Waals surface area (Å²) in [5.74, 6) is 0.536. The first-order valence-electron chi connectivity index (χ1n) is 8.00. The Morgan fingerprint density at radius 1 is 1.22 bits per heavy atom. The minimum absolute atomic E-state index is 0.0407. The Balaban J connectivity index is 1.55. The van der Waals surface area contributed by atoms with Crippen LogP contribution in [-0.2, 0) is 6.54 Å². The zero-order valence-electron chi connectivity index (χ0n) is 13.1. The highest BCUT2D eigenvalue weighted by atomic mass is 16.2. The van der Waals surface area contributed by atoms with E-state index in [1.54, 1.807) is 4.90 Å². The van der Waals surface area contributed by atoms with Crippen LogP contribution in [0.15, 0.2) is 48.5 Å². The van der Waals surface area contributed by atoms with Crippen LogP contribution in [0.2, 0.25) is 0 Å². The molecule has 2 aromatic carbocycles. The second-order valence-corrected chi connectivity index (χ2v) is 6.28. The predicted molar refractivity (Wildman–Crippen MR) is 90.3 cm³/mol. The van der Waals surface area contributed by atoms with Gasteiger partial charge in [0.25, 0.3) is 5.91 Å². The molecule has 116 valence electrons. The molecule has 4 heteroatoms. The summed E-state index contributed by atoms with van der Waals surface area (Å²) in [5, 5.41) is 9.57. The Morgan fingerprint density at radius 3 is 2.83 bits per heavy atom. The summed E-state index contributed by atoms with van der Waals surface area (Å²) >= 11 is 0. The van der Waals surface area contributed by atoms with E-state index in [0.717, 1.165) is 11.3 Å². The maximum Gasteiger partial charge on any atom is 0.274 e. The van der Waals surface area contributed by atoms with E-state index in [2.05, 4.69) is 34.5 Å². The minimum atomic E-state index is -0.0407. The lowest BCUT2D eigenvalue weighted by molar-refractivity contribution is 0.0780. The Morgan fingerprint density at radius 2 is 2.00 bits per heavy atom. The van der Waals surface area contributed by atoms with Gasteiger partial charge in [0.05, 0.1) is 0 Å². The van der Waals surface area contributed by atoms with Crippen LogP contribution in [-0.4, -0.2) is 28.1 Å². The molecule has 3 aromatic rings. The summed E-state index contributed by atoms with van der Waals surface area (Å²) < 4.78 is 0. The summed E-state index contributed by atoms with van der Waals surface area (Å²) in [4.78, 5) is 14.3. The SMILES string of the molecule is CN(Cc1cccc2ccccc12)C(=O)c1cc(C2CC2)[nH]n1. The van der Waals surface area contributed by atoms with E-state index in [-0.39, 0.29) is 5.91 Å². The van der Waals surface area contributed by atoms with Gasteiger partial charge in [-0.25, -0.2) is 0 Å². The van der Waals surface area contributed by atoms with Crippen molar-refractivity contribution in [3.63, 3.8) is 0 Å². The molecule has 0 spiro atoms. The topological polar surface area (TPSA) is 49.0 Å². The smallest absolute Gasteiger partial charge is 0.274 e. The lowest BCUT2D eigenvalue weighted by Gasteiger charge is -2.17. The second kappa shape index (κ2) is 5.54. The van der Waals surface area contributed by atoms with Gasteiger partial charge >= 0.3 is 0 Å². The molecule has 0 radical (unpaired) electrons. The summed E-state index contributed by atoms with van der Waals surface area (Å²) in [6, 6.07) is 16.4. The number of nitrogens with zero attached hydrogens (tertiary/aromatic N) is 2. The number of fused-ring (bicyclic) bond motifs is 1. The van der Waals surface area contributed by atoms with Crippen LogP contribution in [0.1, 0.15) is 40.5 Å². The molecule has 4 rings (SSSR count). The highest BCUT2D eigenvalue weighted by Crippen LogP contribution is 2.39. The first-order valence-corrected chi connectivity index (χ1v) is 8.00. The third-order valence-corrected chi connectivity index (χ3v) is 4.47. The number of benzene rings is 2. The molecule has 1 aliphatic rings. The maximum atomic E-state index is 12.6. The molecule has 1 aromatic heterocycles. The number of hydrogen-bond donors (Lipinski definition) is 1. The van der Waals surface area contributed by atoms with Crippen LogP contribution in [0.3, 0.4) is 0 Å². The average Bonchev–Trinajstić information content (AvgIpc) is 3.32. The van der Waals surface area contributed by atoms with E-state index in [0.29, 0.717) is 18.2 Å². The Bertz CT molecular complexity index is 858. The largest absolute Gasteiger partial charge is 0.336 e. The molecule has 4 nitrogen and oxygen atoms in total. The fraction of sp³-hybridized carbons (Fsp3) is 0.263. The number of H-pyrrole nitrogens is 1. The molecule has 0 unspecified atom stereocenters. The van der Waals surface area contributed by atoms with Crippen molar-refractivity contribution in [1.29, 1.82) is 0 Å². The standard InChI is InChI=1S/C19H19N3O/c1-22(19(23)18-11-17(20-21-18)14-9-10-14)12-15-7-4-6-13-5-2-3-8-16(13)15/h2-8,11,14H,9-10,12H2,1H3,(H,20,21). The van der Waals surface area contributed by atoms with Crippen molar-refractivity contribution < 1.29 is 4.79 Å². The van der Waals surface area contributed by atoms with Crippen LogP contribution < -0.4 is 0 Å². The molecule has 0 aliphatic heterocycles. The van der Waals surface area contributed by atoms with Gasteiger partial charge in [-0.2, -0.15) is 5.10 Å².